The number of nitrogens with one attached hydrogen (secondary N) is 2. The van der Waals surface area contributed by atoms with Crippen molar-refractivity contribution in [2.45, 2.75) is 38.5 Å². The Morgan fingerprint density at radius 1 is 1.48 bits per heavy atom. The van der Waals surface area contributed by atoms with Gasteiger partial charge in [0.15, 0.2) is 0 Å². The van der Waals surface area contributed by atoms with Crippen LogP contribution in [0.1, 0.15) is 20.3 Å². The van der Waals surface area contributed by atoms with Crippen LogP contribution in [0.2, 0.25) is 5.02 Å². The summed E-state index contributed by atoms with van der Waals surface area (Å²) in [6, 6.07) is 4.76. The first-order valence-electron chi connectivity index (χ1n) is 8.35. The standard InChI is InChI=1S/C17H22ClN3O4/c1-10(2)25-14-4-3-11(7-12(14)18)19-17(23)21-6-5-15-13(8-21)20-16(22)9-24-15/h3-4,7,10,13,15H,5-6,8-9H2,1-2H3,(H,19,23)(H,20,22)/t13-,15-/m0/s1. The Balaban J connectivity index is 1.60. The van der Waals surface area contributed by atoms with Gasteiger partial charge in [-0.05, 0) is 38.5 Å². The lowest BCUT2D eigenvalue weighted by Gasteiger charge is -2.40. The molecule has 1 aromatic rings. The van der Waals surface area contributed by atoms with Crippen LogP contribution in [-0.4, -0.2) is 54.8 Å². The summed E-state index contributed by atoms with van der Waals surface area (Å²) in [6.07, 6.45) is 0.691. The second kappa shape index (κ2) is 7.49. The summed E-state index contributed by atoms with van der Waals surface area (Å²) >= 11 is 6.20. The zero-order valence-electron chi connectivity index (χ0n) is 14.3. The van der Waals surface area contributed by atoms with Crippen molar-refractivity contribution >= 4 is 29.2 Å². The van der Waals surface area contributed by atoms with Crippen LogP contribution in [0.4, 0.5) is 10.5 Å². The molecule has 0 unspecified atom stereocenters. The predicted octanol–water partition coefficient (Wildman–Crippen LogP) is 2.25. The van der Waals surface area contributed by atoms with Crippen LogP contribution in [0.5, 0.6) is 5.75 Å². The van der Waals surface area contributed by atoms with Gasteiger partial charge in [-0.2, -0.15) is 0 Å². The van der Waals surface area contributed by atoms with Crippen molar-refractivity contribution in [2.75, 3.05) is 25.0 Å². The third-order valence-corrected chi connectivity index (χ3v) is 4.45. The molecule has 3 rings (SSSR count). The van der Waals surface area contributed by atoms with Crippen molar-refractivity contribution in [3.05, 3.63) is 23.2 Å². The van der Waals surface area contributed by atoms with E-state index in [0.717, 1.165) is 0 Å². The molecule has 2 aliphatic heterocycles. The number of halogens is 1. The summed E-state index contributed by atoms with van der Waals surface area (Å²) in [5.74, 6) is 0.438. The van der Waals surface area contributed by atoms with Gasteiger partial charge in [-0.1, -0.05) is 11.6 Å². The van der Waals surface area contributed by atoms with Gasteiger partial charge in [-0.25, -0.2) is 4.79 Å². The molecule has 7 nitrogen and oxygen atoms in total. The number of anilines is 1. The fourth-order valence-electron chi connectivity index (χ4n) is 3.01. The number of hydrogen-bond acceptors (Lipinski definition) is 4. The number of benzene rings is 1. The van der Waals surface area contributed by atoms with Crippen molar-refractivity contribution in [1.29, 1.82) is 0 Å². The summed E-state index contributed by atoms with van der Waals surface area (Å²) in [5, 5.41) is 6.15. The topological polar surface area (TPSA) is 79.9 Å². The van der Waals surface area contributed by atoms with Gasteiger partial charge in [0.05, 0.1) is 23.3 Å². The largest absolute Gasteiger partial charge is 0.489 e. The molecular formula is C17H22ClN3O4. The van der Waals surface area contributed by atoms with E-state index in [2.05, 4.69) is 10.6 Å². The molecule has 2 N–H and O–H groups in total. The van der Waals surface area contributed by atoms with E-state index in [9.17, 15) is 9.59 Å². The van der Waals surface area contributed by atoms with Crippen LogP contribution >= 0.6 is 11.6 Å². The normalized spacial score (nSPS) is 23.0. The molecule has 0 aromatic heterocycles. The van der Waals surface area contributed by atoms with Gasteiger partial charge in [0.2, 0.25) is 5.91 Å². The number of carbonyl (C=O) groups is 2. The molecule has 2 heterocycles. The highest BCUT2D eigenvalue weighted by atomic mass is 35.5. The third kappa shape index (κ3) is 4.35. The quantitative estimate of drug-likeness (QED) is 0.858. The Bertz CT molecular complexity index is 667. The molecule has 1 aromatic carbocycles. The molecule has 8 heteroatoms. The van der Waals surface area contributed by atoms with Crippen LogP contribution < -0.4 is 15.4 Å². The highest BCUT2D eigenvalue weighted by molar-refractivity contribution is 6.32. The molecule has 0 spiro atoms. The highest BCUT2D eigenvalue weighted by Gasteiger charge is 2.36. The summed E-state index contributed by atoms with van der Waals surface area (Å²) in [5.41, 5.74) is 0.595. The number of likely N-dealkylation sites (tertiary alicyclic amines) is 1. The van der Waals surface area contributed by atoms with Crippen molar-refractivity contribution in [3.8, 4) is 5.75 Å². The van der Waals surface area contributed by atoms with E-state index in [0.29, 0.717) is 36.0 Å². The molecule has 2 fully saturated rings. The summed E-state index contributed by atoms with van der Waals surface area (Å²) in [4.78, 5) is 25.6. The van der Waals surface area contributed by atoms with Crippen LogP contribution in [0, 0.1) is 0 Å². The molecule has 0 aliphatic carbocycles. The van der Waals surface area contributed by atoms with Crippen LogP contribution in [0.3, 0.4) is 0 Å². The van der Waals surface area contributed by atoms with E-state index in [1.54, 1.807) is 23.1 Å². The zero-order valence-corrected chi connectivity index (χ0v) is 15.0. The minimum absolute atomic E-state index is 0.0205. The fourth-order valence-corrected chi connectivity index (χ4v) is 3.24. The lowest BCUT2D eigenvalue weighted by Crippen LogP contribution is -2.61. The molecule has 2 aliphatic rings. The van der Waals surface area contributed by atoms with E-state index < -0.39 is 0 Å². The Hall–Kier alpha value is -1.99. The second-order valence-corrected chi connectivity index (χ2v) is 6.91. The first-order chi connectivity index (χ1) is 11.9. The maximum absolute atomic E-state index is 12.5. The second-order valence-electron chi connectivity index (χ2n) is 6.50. The summed E-state index contributed by atoms with van der Waals surface area (Å²) in [7, 11) is 0. The number of urea groups is 1. The van der Waals surface area contributed by atoms with E-state index >= 15 is 0 Å². The van der Waals surface area contributed by atoms with Gasteiger partial charge < -0.3 is 25.0 Å². The molecule has 3 amide bonds. The first-order valence-corrected chi connectivity index (χ1v) is 8.73. The van der Waals surface area contributed by atoms with Crippen LogP contribution in [-0.2, 0) is 9.53 Å². The smallest absolute Gasteiger partial charge is 0.321 e. The maximum Gasteiger partial charge on any atom is 0.321 e. The van der Waals surface area contributed by atoms with Crippen LogP contribution in [0.25, 0.3) is 0 Å². The number of ether oxygens (including phenoxy) is 2. The molecule has 0 bridgehead atoms. The number of morpholine rings is 1. The highest BCUT2D eigenvalue weighted by Crippen LogP contribution is 2.29. The van der Waals surface area contributed by atoms with Gasteiger partial charge in [0, 0.05) is 18.8 Å². The minimum Gasteiger partial charge on any atom is -0.489 e. The number of fused-ring (bicyclic) bond motifs is 1. The molecular weight excluding hydrogens is 346 g/mol. The number of amides is 3. The average molecular weight is 368 g/mol. The first kappa shape index (κ1) is 17.8. The SMILES string of the molecule is CC(C)Oc1ccc(NC(=O)N2CC[C@@H]3OCC(=O)N[C@H]3C2)cc1Cl. The van der Waals surface area contributed by atoms with Crippen molar-refractivity contribution in [3.63, 3.8) is 0 Å². The van der Waals surface area contributed by atoms with E-state index in [-0.39, 0.29) is 36.8 Å². The third-order valence-electron chi connectivity index (χ3n) is 4.16. The van der Waals surface area contributed by atoms with Crippen molar-refractivity contribution < 1.29 is 19.1 Å². The summed E-state index contributed by atoms with van der Waals surface area (Å²) < 4.78 is 11.1. The monoisotopic (exact) mass is 367 g/mol. The Labute approximate surface area is 151 Å². The number of rotatable bonds is 3. The Kier molecular flexibility index (Phi) is 5.34. The predicted molar refractivity (Wildman–Crippen MR) is 94.1 cm³/mol. The van der Waals surface area contributed by atoms with E-state index in [4.69, 9.17) is 21.1 Å². The minimum atomic E-state index is -0.230. The zero-order chi connectivity index (χ0) is 18.0. The Morgan fingerprint density at radius 2 is 2.28 bits per heavy atom. The lowest BCUT2D eigenvalue weighted by atomic mass is 10.0. The lowest BCUT2D eigenvalue weighted by molar-refractivity contribution is -0.139. The number of hydrogen-bond donors (Lipinski definition) is 2. The molecule has 136 valence electrons. The molecule has 2 saturated heterocycles. The van der Waals surface area contributed by atoms with Gasteiger partial charge in [0.1, 0.15) is 12.4 Å². The molecule has 2 atom stereocenters. The van der Waals surface area contributed by atoms with Crippen LogP contribution in [0.15, 0.2) is 18.2 Å². The fraction of sp³-hybridized carbons (Fsp3) is 0.529. The molecule has 0 radical (unpaired) electrons. The van der Waals surface area contributed by atoms with E-state index in [1.807, 2.05) is 13.8 Å². The van der Waals surface area contributed by atoms with Crippen molar-refractivity contribution in [1.82, 2.24) is 10.2 Å². The number of carbonyl (C=O) groups excluding carboxylic acids is 2. The molecule has 25 heavy (non-hydrogen) atoms. The van der Waals surface area contributed by atoms with Crippen molar-refractivity contribution in [2.24, 2.45) is 0 Å². The van der Waals surface area contributed by atoms with Gasteiger partial charge in [-0.15, -0.1) is 0 Å². The maximum atomic E-state index is 12.5. The average Bonchev–Trinajstić information content (AvgIpc) is 2.56. The summed E-state index contributed by atoms with van der Waals surface area (Å²) in [6.45, 7) is 4.93. The Morgan fingerprint density at radius 3 is 3.00 bits per heavy atom. The molecule has 0 saturated carbocycles. The van der Waals surface area contributed by atoms with Gasteiger partial charge in [0.25, 0.3) is 0 Å². The van der Waals surface area contributed by atoms with Gasteiger partial charge >= 0.3 is 6.03 Å². The number of nitrogens with zero attached hydrogens (tertiary/aromatic N) is 1. The van der Waals surface area contributed by atoms with E-state index in [1.165, 1.54) is 0 Å². The van der Waals surface area contributed by atoms with Gasteiger partial charge in [-0.3, -0.25) is 4.79 Å². The number of piperidine rings is 1.